The Labute approximate surface area is 156 Å². The van der Waals surface area contributed by atoms with Gasteiger partial charge in [-0.15, -0.1) is 0 Å². The molecular weight excluding hydrogens is 406 g/mol. The normalized spacial score (nSPS) is 18.3. The van der Waals surface area contributed by atoms with E-state index in [4.69, 9.17) is 9.47 Å². The number of methoxy groups -OCH3 is 2. The molecule has 1 atom stereocenters. The van der Waals surface area contributed by atoms with Crippen molar-refractivity contribution in [1.82, 2.24) is 4.31 Å². The van der Waals surface area contributed by atoms with Crippen molar-refractivity contribution in [3.63, 3.8) is 0 Å². The van der Waals surface area contributed by atoms with Crippen LogP contribution in [0.3, 0.4) is 0 Å². The summed E-state index contributed by atoms with van der Waals surface area (Å²) in [7, 11) is -0.438. The molecule has 2 aromatic carbocycles. The van der Waals surface area contributed by atoms with E-state index < -0.39 is 10.0 Å². The van der Waals surface area contributed by atoms with Crippen LogP contribution in [0.25, 0.3) is 0 Å². The van der Waals surface area contributed by atoms with E-state index in [1.165, 1.54) is 0 Å². The van der Waals surface area contributed by atoms with Gasteiger partial charge in [0.2, 0.25) is 10.0 Å². The number of rotatable bonds is 5. The number of halogens is 1. The molecule has 0 radical (unpaired) electrons. The van der Waals surface area contributed by atoms with Crippen LogP contribution in [0, 0.1) is 0 Å². The fraction of sp³-hybridized carbons (Fsp3) is 0.333. The van der Waals surface area contributed by atoms with Crippen molar-refractivity contribution in [3.8, 4) is 11.5 Å². The third kappa shape index (κ3) is 3.41. The summed E-state index contributed by atoms with van der Waals surface area (Å²) in [4.78, 5) is 0.281. The first kappa shape index (κ1) is 18.2. The lowest BCUT2D eigenvalue weighted by atomic mass is 10.0. The number of hydrogen-bond donors (Lipinski definition) is 0. The predicted octanol–water partition coefficient (Wildman–Crippen LogP) is 3.99. The van der Waals surface area contributed by atoms with Crippen LogP contribution >= 0.6 is 15.9 Å². The van der Waals surface area contributed by atoms with Crippen LogP contribution in [0.2, 0.25) is 0 Å². The van der Waals surface area contributed by atoms with Gasteiger partial charge in [0.15, 0.2) is 0 Å². The first-order chi connectivity index (χ1) is 12.0. The molecule has 1 saturated heterocycles. The van der Waals surface area contributed by atoms with E-state index in [2.05, 4.69) is 15.9 Å². The highest BCUT2D eigenvalue weighted by Gasteiger charge is 2.38. The molecule has 3 rings (SSSR count). The molecule has 25 heavy (non-hydrogen) atoms. The smallest absolute Gasteiger partial charge is 0.244 e. The summed E-state index contributed by atoms with van der Waals surface area (Å²) in [6.45, 7) is 0.481. The summed E-state index contributed by atoms with van der Waals surface area (Å²) in [6, 6.07) is 12.1. The average Bonchev–Trinajstić information content (AvgIpc) is 3.11. The van der Waals surface area contributed by atoms with Gasteiger partial charge in [-0.3, -0.25) is 0 Å². The molecule has 1 aliphatic heterocycles. The maximum atomic E-state index is 13.2. The van der Waals surface area contributed by atoms with Gasteiger partial charge in [0.25, 0.3) is 0 Å². The predicted molar refractivity (Wildman–Crippen MR) is 99.6 cm³/mol. The monoisotopic (exact) mass is 425 g/mol. The van der Waals surface area contributed by atoms with Crippen molar-refractivity contribution in [2.45, 2.75) is 23.8 Å². The van der Waals surface area contributed by atoms with Crippen molar-refractivity contribution < 1.29 is 17.9 Å². The molecule has 0 amide bonds. The highest BCUT2D eigenvalue weighted by Crippen LogP contribution is 2.42. The molecule has 0 N–H and O–H groups in total. The Morgan fingerprint density at radius 1 is 1.12 bits per heavy atom. The molecule has 1 heterocycles. The summed E-state index contributed by atoms with van der Waals surface area (Å²) >= 11 is 3.36. The van der Waals surface area contributed by atoms with E-state index in [0.29, 0.717) is 22.5 Å². The molecule has 0 saturated carbocycles. The van der Waals surface area contributed by atoms with Crippen LogP contribution < -0.4 is 9.47 Å². The van der Waals surface area contributed by atoms with Crippen molar-refractivity contribution >= 4 is 26.0 Å². The molecule has 0 aromatic heterocycles. The average molecular weight is 426 g/mol. The van der Waals surface area contributed by atoms with Gasteiger partial charge in [-0.25, -0.2) is 8.42 Å². The Morgan fingerprint density at radius 3 is 2.56 bits per heavy atom. The summed E-state index contributed by atoms with van der Waals surface area (Å²) in [6.07, 6.45) is 1.54. The molecule has 1 fully saturated rings. The van der Waals surface area contributed by atoms with Gasteiger partial charge in [0, 0.05) is 16.6 Å². The fourth-order valence-corrected chi connectivity index (χ4v) is 5.86. The highest BCUT2D eigenvalue weighted by molar-refractivity contribution is 9.10. The van der Waals surface area contributed by atoms with E-state index in [9.17, 15) is 8.42 Å². The zero-order valence-corrected chi connectivity index (χ0v) is 16.5. The van der Waals surface area contributed by atoms with Gasteiger partial charge in [-0.05, 0) is 59.1 Å². The number of benzene rings is 2. The summed E-state index contributed by atoms with van der Waals surface area (Å²) in [5.74, 6) is 1.35. The van der Waals surface area contributed by atoms with Gasteiger partial charge in [-0.2, -0.15) is 4.31 Å². The molecule has 134 valence electrons. The molecular formula is C18H20BrNO4S. The van der Waals surface area contributed by atoms with E-state index in [1.807, 2.05) is 18.2 Å². The minimum absolute atomic E-state index is 0.276. The number of ether oxygens (including phenoxy) is 2. The summed E-state index contributed by atoms with van der Waals surface area (Å²) in [5, 5.41) is 0. The van der Waals surface area contributed by atoms with Crippen molar-refractivity contribution in [2.24, 2.45) is 0 Å². The van der Waals surface area contributed by atoms with E-state index in [-0.39, 0.29) is 10.9 Å². The summed E-state index contributed by atoms with van der Waals surface area (Å²) < 4.78 is 39.3. The number of sulfonamides is 1. The van der Waals surface area contributed by atoms with Crippen LogP contribution in [0.15, 0.2) is 51.8 Å². The Bertz CT molecular complexity index is 869. The van der Waals surface area contributed by atoms with Crippen LogP contribution in [-0.2, 0) is 10.0 Å². The van der Waals surface area contributed by atoms with Crippen LogP contribution in [0.1, 0.15) is 24.4 Å². The number of hydrogen-bond acceptors (Lipinski definition) is 4. The summed E-state index contributed by atoms with van der Waals surface area (Å²) in [5.41, 5.74) is 0.829. The molecule has 7 heteroatoms. The van der Waals surface area contributed by atoms with E-state index in [1.54, 1.807) is 42.8 Å². The third-order valence-electron chi connectivity index (χ3n) is 4.42. The zero-order valence-electron chi connectivity index (χ0n) is 14.1. The topological polar surface area (TPSA) is 55.8 Å². The quantitative estimate of drug-likeness (QED) is 0.726. The highest BCUT2D eigenvalue weighted by atomic mass is 79.9. The van der Waals surface area contributed by atoms with Crippen LogP contribution in [0.5, 0.6) is 11.5 Å². The van der Waals surface area contributed by atoms with E-state index in [0.717, 1.165) is 18.4 Å². The second-order valence-corrected chi connectivity index (χ2v) is 8.53. The largest absolute Gasteiger partial charge is 0.497 e. The third-order valence-corrected chi connectivity index (χ3v) is 7.34. The Morgan fingerprint density at radius 2 is 1.88 bits per heavy atom. The molecule has 0 spiro atoms. The lowest BCUT2D eigenvalue weighted by Crippen LogP contribution is -2.31. The maximum Gasteiger partial charge on any atom is 0.244 e. The van der Waals surface area contributed by atoms with Gasteiger partial charge in [-0.1, -0.05) is 12.1 Å². The minimum Gasteiger partial charge on any atom is -0.497 e. The second kappa shape index (κ2) is 7.35. The first-order valence-electron chi connectivity index (χ1n) is 7.97. The SMILES string of the molecule is COc1ccc(OC)c([C@@H]2CCCN2S(=O)(=O)c2ccccc2Br)c1. The molecule has 0 unspecified atom stereocenters. The number of nitrogens with zero attached hydrogens (tertiary/aromatic N) is 1. The van der Waals surface area contributed by atoms with Gasteiger partial charge < -0.3 is 9.47 Å². The van der Waals surface area contributed by atoms with Crippen LogP contribution in [-0.4, -0.2) is 33.5 Å². The molecule has 5 nitrogen and oxygen atoms in total. The molecule has 0 bridgehead atoms. The second-order valence-electron chi connectivity index (χ2n) is 5.81. The minimum atomic E-state index is -3.62. The first-order valence-corrected chi connectivity index (χ1v) is 10.2. The van der Waals surface area contributed by atoms with Gasteiger partial charge in [0.05, 0.1) is 25.2 Å². The standard InChI is InChI=1S/C18H20BrNO4S/c1-23-13-9-10-17(24-2)14(12-13)16-7-5-11-20(16)25(21,22)18-8-4-3-6-15(18)19/h3-4,6,8-10,12,16H,5,7,11H2,1-2H3/t16-/m0/s1. The van der Waals surface area contributed by atoms with Crippen LogP contribution in [0.4, 0.5) is 0 Å². The van der Waals surface area contributed by atoms with Gasteiger partial charge in [0.1, 0.15) is 11.5 Å². The molecule has 1 aliphatic rings. The van der Waals surface area contributed by atoms with Crippen molar-refractivity contribution in [3.05, 3.63) is 52.5 Å². The molecule has 0 aliphatic carbocycles. The Balaban J connectivity index is 2.06. The lowest BCUT2D eigenvalue weighted by Gasteiger charge is -2.26. The van der Waals surface area contributed by atoms with Gasteiger partial charge >= 0.3 is 0 Å². The molecule has 2 aromatic rings. The Kier molecular flexibility index (Phi) is 5.36. The fourth-order valence-electron chi connectivity index (χ4n) is 3.22. The maximum absolute atomic E-state index is 13.2. The Hall–Kier alpha value is -1.57. The lowest BCUT2D eigenvalue weighted by molar-refractivity contribution is 0.361. The van der Waals surface area contributed by atoms with Crippen molar-refractivity contribution in [2.75, 3.05) is 20.8 Å². The van der Waals surface area contributed by atoms with E-state index >= 15 is 0 Å². The zero-order chi connectivity index (χ0) is 18.0. The van der Waals surface area contributed by atoms with Crippen molar-refractivity contribution in [1.29, 1.82) is 0 Å².